The molecule has 1 aromatic rings. The smallest absolute Gasteiger partial charge is 0.232 e. The first kappa shape index (κ1) is 15.2. The zero-order valence-electron chi connectivity index (χ0n) is 13.1. The van der Waals surface area contributed by atoms with Crippen LogP contribution in [0.5, 0.6) is 5.88 Å². The van der Waals surface area contributed by atoms with E-state index in [1.165, 1.54) is 6.42 Å². The number of aromatic nitrogens is 2. The molecule has 2 atom stereocenters. The molecular formula is C16H27N3O. The van der Waals surface area contributed by atoms with E-state index in [9.17, 15) is 0 Å². The van der Waals surface area contributed by atoms with Crippen molar-refractivity contribution in [2.75, 3.05) is 6.54 Å². The molecule has 1 N–H and O–H groups in total. The largest absolute Gasteiger partial charge is 0.473 e. The second-order valence-corrected chi connectivity index (χ2v) is 6.78. The molecule has 20 heavy (non-hydrogen) atoms. The molecule has 1 fully saturated rings. The van der Waals surface area contributed by atoms with Crippen molar-refractivity contribution in [2.24, 2.45) is 11.3 Å². The molecule has 0 spiro atoms. The summed E-state index contributed by atoms with van der Waals surface area (Å²) in [6, 6.07) is 0. The molecule has 2 rings (SSSR count). The summed E-state index contributed by atoms with van der Waals surface area (Å²) in [5, 5.41) is 3.24. The van der Waals surface area contributed by atoms with Gasteiger partial charge >= 0.3 is 0 Å². The molecule has 1 heterocycles. The van der Waals surface area contributed by atoms with Crippen molar-refractivity contribution in [3.63, 3.8) is 0 Å². The minimum absolute atomic E-state index is 0.266. The highest BCUT2D eigenvalue weighted by molar-refractivity contribution is 5.08. The summed E-state index contributed by atoms with van der Waals surface area (Å²) < 4.78 is 6.03. The SMILES string of the molecule is CCNCc1cnc(OC2CC(C)CC(C)(C)C2)cn1. The fourth-order valence-electron chi connectivity index (χ4n) is 3.27. The highest BCUT2D eigenvalue weighted by atomic mass is 16.5. The molecule has 2 unspecified atom stereocenters. The number of hydrogen-bond acceptors (Lipinski definition) is 4. The van der Waals surface area contributed by atoms with E-state index in [-0.39, 0.29) is 6.10 Å². The zero-order valence-corrected chi connectivity index (χ0v) is 13.1. The Hall–Kier alpha value is -1.16. The van der Waals surface area contributed by atoms with E-state index in [1.807, 2.05) is 0 Å². The molecule has 112 valence electrons. The normalized spacial score (nSPS) is 25.4. The summed E-state index contributed by atoms with van der Waals surface area (Å²) in [6.07, 6.45) is 7.30. The molecule has 0 saturated heterocycles. The van der Waals surface area contributed by atoms with Crippen molar-refractivity contribution in [3.05, 3.63) is 18.1 Å². The lowest BCUT2D eigenvalue weighted by Gasteiger charge is -2.38. The summed E-state index contributed by atoms with van der Waals surface area (Å²) in [5.41, 5.74) is 1.32. The molecule has 4 nitrogen and oxygen atoms in total. The number of ether oxygens (including phenoxy) is 1. The van der Waals surface area contributed by atoms with Gasteiger partial charge in [-0.1, -0.05) is 27.7 Å². The van der Waals surface area contributed by atoms with Gasteiger partial charge in [0.1, 0.15) is 6.10 Å². The Kier molecular flexibility index (Phi) is 4.97. The molecule has 1 aromatic heterocycles. The predicted octanol–water partition coefficient (Wildman–Crippen LogP) is 3.18. The van der Waals surface area contributed by atoms with Crippen LogP contribution in [-0.4, -0.2) is 22.6 Å². The number of nitrogens with zero attached hydrogens (tertiary/aromatic N) is 2. The first-order valence-corrected chi connectivity index (χ1v) is 7.67. The fourth-order valence-corrected chi connectivity index (χ4v) is 3.27. The third kappa shape index (κ3) is 4.44. The third-order valence-corrected chi connectivity index (χ3v) is 3.87. The zero-order chi connectivity index (χ0) is 14.6. The van der Waals surface area contributed by atoms with Crippen molar-refractivity contribution in [3.8, 4) is 5.88 Å². The van der Waals surface area contributed by atoms with Gasteiger partial charge in [0, 0.05) is 6.54 Å². The lowest BCUT2D eigenvalue weighted by atomic mass is 9.71. The van der Waals surface area contributed by atoms with E-state index in [2.05, 4.69) is 43.0 Å². The monoisotopic (exact) mass is 277 g/mol. The van der Waals surface area contributed by atoms with Crippen LogP contribution in [0, 0.1) is 11.3 Å². The molecule has 1 aliphatic rings. The average Bonchev–Trinajstić information content (AvgIpc) is 2.35. The quantitative estimate of drug-likeness (QED) is 0.898. The molecule has 1 saturated carbocycles. The average molecular weight is 277 g/mol. The standard InChI is InChI=1S/C16H27N3O/c1-5-17-9-13-10-19-15(11-18-13)20-14-6-12(2)7-16(3,4)8-14/h10-12,14,17H,5-9H2,1-4H3. The first-order chi connectivity index (χ1) is 9.48. The highest BCUT2D eigenvalue weighted by Gasteiger charge is 2.33. The van der Waals surface area contributed by atoms with Crippen LogP contribution in [0.2, 0.25) is 0 Å². The van der Waals surface area contributed by atoms with Crippen LogP contribution in [0.1, 0.15) is 52.7 Å². The van der Waals surface area contributed by atoms with Crippen molar-refractivity contribution in [2.45, 2.75) is 59.6 Å². The summed E-state index contributed by atoms with van der Waals surface area (Å²) in [7, 11) is 0. The van der Waals surface area contributed by atoms with Gasteiger partial charge in [-0.05, 0) is 37.1 Å². The van der Waals surface area contributed by atoms with Gasteiger partial charge in [0.2, 0.25) is 5.88 Å². The van der Waals surface area contributed by atoms with Gasteiger partial charge in [0.25, 0.3) is 0 Å². The van der Waals surface area contributed by atoms with Crippen LogP contribution in [0.3, 0.4) is 0 Å². The van der Waals surface area contributed by atoms with E-state index in [1.54, 1.807) is 12.4 Å². The lowest BCUT2D eigenvalue weighted by molar-refractivity contribution is 0.0529. The number of rotatable bonds is 5. The van der Waals surface area contributed by atoms with Gasteiger partial charge in [-0.25, -0.2) is 4.98 Å². The number of nitrogens with one attached hydrogen (secondary N) is 1. The fraction of sp³-hybridized carbons (Fsp3) is 0.750. The Morgan fingerprint density at radius 3 is 2.70 bits per heavy atom. The van der Waals surface area contributed by atoms with Gasteiger partial charge in [0.05, 0.1) is 18.1 Å². The molecule has 0 aromatic carbocycles. The maximum atomic E-state index is 6.03. The van der Waals surface area contributed by atoms with Crippen LogP contribution < -0.4 is 10.1 Å². The maximum absolute atomic E-state index is 6.03. The Bertz CT molecular complexity index is 416. The summed E-state index contributed by atoms with van der Waals surface area (Å²) >= 11 is 0. The van der Waals surface area contributed by atoms with Gasteiger partial charge in [-0.2, -0.15) is 0 Å². The van der Waals surface area contributed by atoms with E-state index in [4.69, 9.17) is 4.74 Å². The highest BCUT2D eigenvalue weighted by Crippen LogP contribution is 2.39. The minimum Gasteiger partial charge on any atom is -0.473 e. The predicted molar refractivity (Wildman–Crippen MR) is 80.6 cm³/mol. The summed E-state index contributed by atoms with van der Waals surface area (Å²) in [6.45, 7) is 10.7. The first-order valence-electron chi connectivity index (χ1n) is 7.67. The van der Waals surface area contributed by atoms with Crippen LogP contribution in [0.4, 0.5) is 0 Å². The van der Waals surface area contributed by atoms with Crippen molar-refractivity contribution >= 4 is 0 Å². The summed E-state index contributed by atoms with van der Waals surface area (Å²) in [4.78, 5) is 8.76. The Morgan fingerprint density at radius 2 is 2.10 bits per heavy atom. The third-order valence-electron chi connectivity index (χ3n) is 3.87. The van der Waals surface area contributed by atoms with E-state index in [0.29, 0.717) is 17.2 Å². The maximum Gasteiger partial charge on any atom is 0.232 e. The van der Waals surface area contributed by atoms with Gasteiger partial charge in [-0.3, -0.25) is 4.98 Å². The van der Waals surface area contributed by atoms with E-state index < -0.39 is 0 Å². The van der Waals surface area contributed by atoms with E-state index >= 15 is 0 Å². The number of hydrogen-bond donors (Lipinski definition) is 1. The topological polar surface area (TPSA) is 47.0 Å². The molecule has 0 radical (unpaired) electrons. The van der Waals surface area contributed by atoms with Crippen LogP contribution in [0.25, 0.3) is 0 Å². The molecule has 0 aliphatic heterocycles. The molecule has 0 bridgehead atoms. The minimum atomic E-state index is 0.266. The molecular weight excluding hydrogens is 250 g/mol. The second kappa shape index (κ2) is 6.53. The van der Waals surface area contributed by atoms with Crippen molar-refractivity contribution in [1.82, 2.24) is 15.3 Å². The van der Waals surface area contributed by atoms with Gasteiger partial charge in [-0.15, -0.1) is 0 Å². The van der Waals surface area contributed by atoms with Gasteiger partial charge in [0.15, 0.2) is 0 Å². The second-order valence-electron chi connectivity index (χ2n) is 6.78. The molecule has 4 heteroatoms. The van der Waals surface area contributed by atoms with E-state index in [0.717, 1.165) is 31.6 Å². The lowest BCUT2D eigenvalue weighted by Crippen LogP contribution is -2.34. The van der Waals surface area contributed by atoms with Crippen LogP contribution >= 0.6 is 0 Å². The van der Waals surface area contributed by atoms with Crippen molar-refractivity contribution in [1.29, 1.82) is 0 Å². The Labute approximate surface area is 122 Å². The van der Waals surface area contributed by atoms with Crippen LogP contribution in [-0.2, 0) is 6.54 Å². The van der Waals surface area contributed by atoms with Crippen LogP contribution in [0.15, 0.2) is 12.4 Å². The molecule has 0 amide bonds. The summed E-state index contributed by atoms with van der Waals surface area (Å²) in [5.74, 6) is 1.37. The van der Waals surface area contributed by atoms with Crippen molar-refractivity contribution < 1.29 is 4.74 Å². The van der Waals surface area contributed by atoms with Gasteiger partial charge < -0.3 is 10.1 Å². The molecule has 1 aliphatic carbocycles. The Morgan fingerprint density at radius 1 is 1.30 bits per heavy atom. The Balaban J connectivity index is 1.92.